The van der Waals surface area contributed by atoms with Crippen LogP contribution in [0.2, 0.25) is 0 Å². The number of aryl methyl sites for hydroxylation is 1. The molecule has 0 amide bonds. The summed E-state index contributed by atoms with van der Waals surface area (Å²) in [7, 11) is 0. The molecular weight excluding hydrogens is 277 g/mol. The van der Waals surface area contributed by atoms with E-state index >= 15 is 0 Å². The molecule has 0 N–H and O–H groups in total. The van der Waals surface area contributed by atoms with Crippen LogP contribution in [0.4, 0.5) is 0 Å². The van der Waals surface area contributed by atoms with E-state index in [1.54, 1.807) is 10.6 Å². The quantitative estimate of drug-likeness (QED) is 0.784. The lowest BCUT2D eigenvalue weighted by atomic mass is 10.1. The van der Waals surface area contributed by atoms with Gasteiger partial charge >= 0.3 is 0 Å². The van der Waals surface area contributed by atoms with Gasteiger partial charge in [-0.1, -0.05) is 13.8 Å². The predicted molar refractivity (Wildman–Crippen MR) is 62.9 cm³/mol. The van der Waals surface area contributed by atoms with E-state index in [-0.39, 0.29) is 5.56 Å². The molecule has 1 rings (SSSR count). The van der Waals surface area contributed by atoms with Crippen LogP contribution in [0.5, 0.6) is 0 Å². The van der Waals surface area contributed by atoms with Crippen molar-refractivity contribution < 1.29 is 0 Å². The van der Waals surface area contributed by atoms with E-state index in [4.69, 9.17) is 0 Å². The second kappa shape index (κ2) is 4.79. The molecule has 0 aromatic carbocycles. The number of nitrogens with zero attached hydrogens (tertiary/aromatic N) is 1. The average molecular weight is 291 g/mol. The van der Waals surface area contributed by atoms with Gasteiger partial charge in [0.05, 0.1) is 0 Å². The molecule has 0 atom stereocenters. The molecule has 0 aliphatic carbocycles. The first-order valence-electron chi connectivity index (χ1n) is 4.45. The van der Waals surface area contributed by atoms with Crippen molar-refractivity contribution in [2.24, 2.45) is 5.92 Å². The van der Waals surface area contributed by atoms with Gasteiger partial charge in [-0.25, -0.2) is 0 Å². The minimum absolute atomic E-state index is 0.0982. The Morgan fingerprint density at radius 3 is 2.77 bits per heavy atom. The largest absolute Gasteiger partial charge is 0.314 e. The van der Waals surface area contributed by atoms with Crippen molar-refractivity contribution in [2.75, 3.05) is 0 Å². The van der Waals surface area contributed by atoms with Crippen molar-refractivity contribution in [1.82, 2.24) is 4.57 Å². The zero-order valence-electron chi connectivity index (χ0n) is 7.96. The van der Waals surface area contributed by atoms with Gasteiger partial charge in [0.2, 0.25) is 0 Å². The summed E-state index contributed by atoms with van der Waals surface area (Å²) in [5, 5.41) is 0. The third-order valence-corrected chi connectivity index (χ3v) is 2.53. The summed E-state index contributed by atoms with van der Waals surface area (Å²) in [5.41, 5.74) is 0.0982. The normalized spacial score (nSPS) is 10.8. The lowest BCUT2D eigenvalue weighted by Crippen LogP contribution is -2.19. The van der Waals surface area contributed by atoms with E-state index in [0.717, 1.165) is 16.5 Å². The van der Waals surface area contributed by atoms with Gasteiger partial charge in [-0.05, 0) is 41.0 Å². The summed E-state index contributed by atoms with van der Waals surface area (Å²) in [5.74, 6) is 0.643. The number of pyridine rings is 1. The summed E-state index contributed by atoms with van der Waals surface area (Å²) in [6.45, 7) is 5.16. The van der Waals surface area contributed by atoms with Crippen LogP contribution in [0.1, 0.15) is 20.3 Å². The molecule has 2 nitrogen and oxygen atoms in total. The van der Waals surface area contributed by atoms with Gasteiger partial charge in [-0.15, -0.1) is 0 Å². The number of rotatable bonds is 3. The Labute approximate surface area is 92.1 Å². The van der Waals surface area contributed by atoms with E-state index in [9.17, 15) is 4.79 Å². The van der Waals surface area contributed by atoms with Crippen LogP contribution in [0, 0.1) is 9.49 Å². The second-order valence-electron chi connectivity index (χ2n) is 3.56. The van der Waals surface area contributed by atoms with Gasteiger partial charge in [0.15, 0.2) is 0 Å². The van der Waals surface area contributed by atoms with E-state index < -0.39 is 0 Å². The van der Waals surface area contributed by atoms with Gasteiger partial charge < -0.3 is 4.57 Å². The van der Waals surface area contributed by atoms with Crippen LogP contribution in [-0.2, 0) is 6.54 Å². The summed E-state index contributed by atoms with van der Waals surface area (Å²) >= 11 is 2.22. The highest BCUT2D eigenvalue weighted by Crippen LogP contribution is 2.03. The fourth-order valence-corrected chi connectivity index (χ4v) is 1.59. The molecule has 13 heavy (non-hydrogen) atoms. The first-order chi connectivity index (χ1) is 6.09. The van der Waals surface area contributed by atoms with Crippen LogP contribution in [0.25, 0.3) is 0 Å². The molecule has 1 heterocycles. The molecular formula is C10H14INO. The van der Waals surface area contributed by atoms with Crippen LogP contribution >= 0.6 is 22.6 Å². The Hall–Kier alpha value is -0.320. The number of hydrogen-bond donors (Lipinski definition) is 0. The zero-order valence-corrected chi connectivity index (χ0v) is 10.1. The molecule has 0 aliphatic rings. The molecule has 0 aliphatic heterocycles. The van der Waals surface area contributed by atoms with Gasteiger partial charge in [0, 0.05) is 22.4 Å². The Kier molecular flexibility index (Phi) is 3.96. The maximum absolute atomic E-state index is 11.3. The molecule has 3 heteroatoms. The average Bonchev–Trinajstić information content (AvgIpc) is 2.06. The van der Waals surface area contributed by atoms with E-state index in [1.165, 1.54) is 0 Å². The molecule has 0 saturated carbocycles. The van der Waals surface area contributed by atoms with Crippen molar-refractivity contribution in [3.63, 3.8) is 0 Å². The van der Waals surface area contributed by atoms with Gasteiger partial charge in [-0.2, -0.15) is 0 Å². The fourth-order valence-electron chi connectivity index (χ4n) is 1.07. The molecule has 1 aromatic rings. The highest BCUT2D eigenvalue weighted by molar-refractivity contribution is 14.1. The van der Waals surface area contributed by atoms with E-state index in [0.29, 0.717) is 5.92 Å². The van der Waals surface area contributed by atoms with Crippen molar-refractivity contribution in [3.8, 4) is 0 Å². The van der Waals surface area contributed by atoms with Crippen molar-refractivity contribution in [1.29, 1.82) is 0 Å². The number of halogens is 1. The standard InChI is InChI=1S/C10H14INO/c1-8(2)5-6-12-7-9(11)3-4-10(12)13/h3-4,7-8H,5-6H2,1-2H3. The highest BCUT2D eigenvalue weighted by atomic mass is 127. The summed E-state index contributed by atoms with van der Waals surface area (Å²) in [6.07, 6.45) is 2.96. The molecule has 0 saturated heterocycles. The fraction of sp³-hybridized carbons (Fsp3) is 0.500. The van der Waals surface area contributed by atoms with E-state index in [2.05, 4.69) is 36.4 Å². The zero-order chi connectivity index (χ0) is 9.84. The van der Waals surface area contributed by atoms with Crippen molar-refractivity contribution in [3.05, 3.63) is 32.3 Å². The van der Waals surface area contributed by atoms with Crippen LogP contribution in [0.15, 0.2) is 23.1 Å². The van der Waals surface area contributed by atoms with Crippen molar-refractivity contribution >= 4 is 22.6 Å². The maximum Gasteiger partial charge on any atom is 0.250 e. The Morgan fingerprint density at radius 1 is 1.46 bits per heavy atom. The minimum atomic E-state index is 0.0982. The molecule has 0 spiro atoms. The Morgan fingerprint density at radius 2 is 2.15 bits per heavy atom. The smallest absolute Gasteiger partial charge is 0.250 e. The summed E-state index contributed by atoms with van der Waals surface area (Å²) in [4.78, 5) is 11.3. The SMILES string of the molecule is CC(C)CCn1cc(I)ccc1=O. The third kappa shape index (κ3) is 3.50. The van der Waals surface area contributed by atoms with Gasteiger partial charge in [0.25, 0.3) is 5.56 Å². The predicted octanol–water partition coefficient (Wildman–Crippen LogP) is 2.50. The lowest BCUT2D eigenvalue weighted by molar-refractivity contribution is 0.507. The first-order valence-corrected chi connectivity index (χ1v) is 5.53. The molecule has 0 fully saturated rings. The van der Waals surface area contributed by atoms with Gasteiger partial charge in [-0.3, -0.25) is 4.79 Å². The van der Waals surface area contributed by atoms with Crippen LogP contribution in [0.3, 0.4) is 0 Å². The number of hydrogen-bond acceptors (Lipinski definition) is 1. The Balaban J connectivity index is 2.76. The molecule has 0 unspecified atom stereocenters. The second-order valence-corrected chi connectivity index (χ2v) is 4.81. The van der Waals surface area contributed by atoms with Crippen LogP contribution in [-0.4, -0.2) is 4.57 Å². The molecule has 1 aromatic heterocycles. The number of aromatic nitrogens is 1. The summed E-state index contributed by atoms with van der Waals surface area (Å²) < 4.78 is 2.89. The lowest BCUT2D eigenvalue weighted by Gasteiger charge is -2.07. The third-order valence-electron chi connectivity index (χ3n) is 1.89. The minimum Gasteiger partial charge on any atom is -0.314 e. The maximum atomic E-state index is 11.3. The van der Waals surface area contributed by atoms with Crippen molar-refractivity contribution in [2.45, 2.75) is 26.8 Å². The van der Waals surface area contributed by atoms with Crippen LogP contribution < -0.4 is 5.56 Å². The molecule has 0 radical (unpaired) electrons. The highest BCUT2D eigenvalue weighted by Gasteiger charge is 1.98. The molecule has 72 valence electrons. The van der Waals surface area contributed by atoms with E-state index in [1.807, 2.05) is 12.3 Å². The Bertz CT molecular complexity index is 330. The summed E-state index contributed by atoms with van der Waals surface area (Å²) in [6, 6.07) is 3.47. The topological polar surface area (TPSA) is 22.0 Å². The first kappa shape index (κ1) is 10.8. The van der Waals surface area contributed by atoms with Gasteiger partial charge in [0.1, 0.15) is 0 Å². The molecule has 0 bridgehead atoms. The monoisotopic (exact) mass is 291 g/mol.